The largest absolute Gasteiger partial charge is 0.366 e. The number of nitrogens with one attached hydrogen (secondary N) is 1. The Balaban J connectivity index is 3.83. The Labute approximate surface area is 98.9 Å². The summed E-state index contributed by atoms with van der Waals surface area (Å²) in [7, 11) is 0. The molecule has 0 radical (unpaired) electrons. The van der Waals surface area contributed by atoms with Crippen LogP contribution in [-0.2, 0) is 9.53 Å². The smallest absolute Gasteiger partial charge is 0.246 e. The van der Waals surface area contributed by atoms with Gasteiger partial charge in [0.15, 0.2) is 0 Å². The van der Waals surface area contributed by atoms with Crippen LogP contribution in [0.5, 0.6) is 0 Å². The van der Waals surface area contributed by atoms with E-state index in [1.54, 1.807) is 0 Å². The number of amides is 1. The quantitative estimate of drug-likeness (QED) is 0.695. The molecule has 3 N–H and O–H groups in total. The van der Waals surface area contributed by atoms with Crippen LogP contribution in [0.2, 0.25) is 0 Å². The first-order chi connectivity index (χ1) is 7.39. The monoisotopic (exact) mass is 230 g/mol. The minimum Gasteiger partial charge on any atom is -0.366 e. The summed E-state index contributed by atoms with van der Waals surface area (Å²) in [5, 5.41) is 2.89. The molecule has 0 bridgehead atoms. The molecule has 1 unspecified atom stereocenters. The maximum atomic E-state index is 11.5. The highest BCUT2D eigenvalue weighted by Gasteiger charge is 2.15. The molecule has 0 aliphatic rings. The topological polar surface area (TPSA) is 64.3 Å². The van der Waals surface area contributed by atoms with Gasteiger partial charge in [0.05, 0.1) is 5.60 Å². The van der Waals surface area contributed by atoms with E-state index in [0.717, 1.165) is 19.3 Å². The summed E-state index contributed by atoms with van der Waals surface area (Å²) in [5.74, 6) is -0.0820. The minimum atomic E-state index is -0.279. The standard InChI is InChI=1S/C12H26N2O2/c1-5-6-7-10(8-13)14-11(15)9-16-12(2,3)4/h10H,5-9,13H2,1-4H3,(H,14,15). The molecule has 0 heterocycles. The van der Waals surface area contributed by atoms with Crippen LogP contribution in [0.15, 0.2) is 0 Å². The van der Waals surface area contributed by atoms with Gasteiger partial charge >= 0.3 is 0 Å². The van der Waals surface area contributed by atoms with E-state index in [1.165, 1.54) is 0 Å². The lowest BCUT2D eigenvalue weighted by atomic mass is 10.1. The van der Waals surface area contributed by atoms with Gasteiger partial charge < -0.3 is 15.8 Å². The number of rotatable bonds is 7. The van der Waals surface area contributed by atoms with E-state index >= 15 is 0 Å². The normalized spacial score (nSPS) is 13.6. The third kappa shape index (κ3) is 8.68. The lowest BCUT2D eigenvalue weighted by Crippen LogP contribution is -2.42. The molecular formula is C12H26N2O2. The lowest BCUT2D eigenvalue weighted by molar-refractivity contribution is -0.131. The fourth-order valence-corrected chi connectivity index (χ4v) is 1.25. The predicted octanol–water partition coefficient (Wildman–Crippen LogP) is 1.44. The number of carbonyl (C=O) groups is 1. The van der Waals surface area contributed by atoms with Crippen molar-refractivity contribution in [1.29, 1.82) is 0 Å². The van der Waals surface area contributed by atoms with Gasteiger partial charge in [-0.1, -0.05) is 19.8 Å². The van der Waals surface area contributed by atoms with Gasteiger partial charge in [0.25, 0.3) is 0 Å². The highest BCUT2D eigenvalue weighted by atomic mass is 16.5. The summed E-state index contributed by atoms with van der Waals surface area (Å²) in [5.41, 5.74) is 5.31. The molecule has 16 heavy (non-hydrogen) atoms. The first kappa shape index (κ1) is 15.4. The second-order valence-electron chi connectivity index (χ2n) is 5.04. The molecule has 0 aliphatic heterocycles. The summed E-state index contributed by atoms with van der Waals surface area (Å²) < 4.78 is 5.39. The van der Waals surface area contributed by atoms with E-state index < -0.39 is 0 Å². The average Bonchev–Trinajstić information content (AvgIpc) is 2.20. The summed E-state index contributed by atoms with van der Waals surface area (Å²) in [6.07, 6.45) is 3.14. The molecule has 0 rings (SSSR count). The lowest BCUT2D eigenvalue weighted by Gasteiger charge is -2.21. The Morgan fingerprint density at radius 2 is 2.06 bits per heavy atom. The van der Waals surface area contributed by atoms with Crippen molar-refractivity contribution >= 4 is 5.91 Å². The van der Waals surface area contributed by atoms with Gasteiger partial charge in [-0.2, -0.15) is 0 Å². The second kappa shape index (κ2) is 7.63. The first-order valence-corrected chi connectivity index (χ1v) is 6.02. The molecule has 4 heteroatoms. The molecule has 0 fully saturated rings. The third-order valence-electron chi connectivity index (χ3n) is 2.19. The van der Waals surface area contributed by atoms with Crippen molar-refractivity contribution in [2.45, 2.75) is 58.6 Å². The Hall–Kier alpha value is -0.610. The van der Waals surface area contributed by atoms with Crippen molar-refractivity contribution in [1.82, 2.24) is 5.32 Å². The van der Waals surface area contributed by atoms with Crippen LogP contribution in [0.25, 0.3) is 0 Å². The van der Waals surface area contributed by atoms with Gasteiger partial charge in [-0.25, -0.2) is 0 Å². The van der Waals surface area contributed by atoms with Crippen LogP contribution in [0.3, 0.4) is 0 Å². The van der Waals surface area contributed by atoms with Crippen molar-refractivity contribution in [2.24, 2.45) is 5.73 Å². The van der Waals surface area contributed by atoms with E-state index in [1.807, 2.05) is 20.8 Å². The van der Waals surface area contributed by atoms with Crippen LogP contribution < -0.4 is 11.1 Å². The molecule has 1 atom stereocenters. The van der Waals surface area contributed by atoms with Crippen LogP contribution in [0.4, 0.5) is 0 Å². The highest BCUT2D eigenvalue weighted by molar-refractivity contribution is 5.77. The van der Waals surface area contributed by atoms with E-state index in [0.29, 0.717) is 6.54 Å². The van der Waals surface area contributed by atoms with Gasteiger partial charge in [-0.3, -0.25) is 4.79 Å². The van der Waals surface area contributed by atoms with Crippen LogP contribution in [-0.4, -0.2) is 30.7 Å². The maximum Gasteiger partial charge on any atom is 0.246 e. The van der Waals surface area contributed by atoms with E-state index in [2.05, 4.69) is 12.2 Å². The zero-order valence-electron chi connectivity index (χ0n) is 11.0. The molecule has 0 saturated carbocycles. The SMILES string of the molecule is CCCCC(CN)NC(=O)COC(C)(C)C. The van der Waals surface area contributed by atoms with Crippen molar-refractivity contribution < 1.29 is 9.53 Å². The van der Waals surface area contributed by atoms with Crippen LogP contribution in [0, 0.1) is 0 Å². The number of nitrogens with two attached hydrogens (primary N) is 1. The fourth-order valence-electron chi connectivity index (χ4n) is 1.25. The molecule has 4 nitrogen and oxygen atoms in total. The van der Waals surface area contributed by atoms with Gasteiger partial charge in [-0.15, -0.1) is 0 Å². The van der Waals surface area contributed by atoms with Crippen molar-refractivity contribution in [3.63, 3.8) is 0 Å². The first-order valence-electron chi connectivity index (χ1n) is 6.02. The third-order valence-corrected chi connectivity index (χ3v) is 2.19. The van der Waals surface area contributed by atoms with Gasteiger partial charge in [0.1, 0.15) is 6.61 Å². The summed E-state index contributed by atoms with van der Waals surface area (Å²) in [4.78, 5) is 11.5. The molecule has 0 aromatic heterocycles. The molecule has 0 saturated heterocycles. The van der Waals surface area contributed by atoms with E-state index in [9.17, 15) is 4.79 Å². The molecule has 0 aromatic carbocycles. The Morgan fingerprint density at radius 3 is 2.50 bits per heavy atom. The predicted molar refractivity (Wildman–Crippen MR) is 66.2 cm³/mol. The van der Waals surface area contributed by atoms with Crippen molar-refractivity contribution in [3.8, 4) is 0 Å². The summed E-state index contributed by atoms with van der Waals surface area (Å²) in [6.45, 7) is 8.50. The Kier molecular flexibility index (Phi) is 7.34. The molecule has 0 aromatic rings. The zero-order valence-corrected chi connectivity index (χ0v) is 11.0. The molecule has 0 spiro atoms. The number of hydrogen-bond acceptors (Lipinski definition) is 3. The van der Waals surface area contributed by atoms with Crippen molar-refractivity contribution in [2.75, 3.05) is 13.2 Å². The number of carbonyl (C=O) groups excluding carboxylic acids is 1. The Morgan fingerprint density at radius 1 is 1.44 bits per heavy atom. The molecular weight excluding hydrogens is 204 g/mol. The van der Waals surface area contributed by atoms with Crippen molar-refractivity contribution in [3.05, 3.63) is 0 Å². The Bertz CT molecular complexity index is 200. The maximum absolute atomic E-state index is 11.5. The number of hydrogen-bond donors (Lipinski definition) is 2. The van der Waals surface area contributed by atoms with E-state index in [-0.39, 0.29) is 24.2 Å². The minimum absolute atomic E-state index is 0.0796. The second-order valence-corrected chi connectivity index (χ2v) is 5.04. The highest BCUT2D eigenvalue weighted by Crippen LogP contribution is 2.06. The van der Waals surface area contributed by atoms with Gasteiger partial charge in [-0.05, 0) is 27.2 Å². The fraction of sp³-hybridized carbons (Fsp3) is 0.917. The zero-order chi connectivity index (χ0) is 12.6. The molecule has 0 aliphatic carbocycles. The summed E-state index contributed by atoms with van der Waals surface area (Å²) in [6, 6.07) is 0.0796. The van der Waals surface area contributed by atoms with E-state index in [4.69, 9.17) is 10.5 Å². The molecule has 1 amide bonds. The summed E-state index contributed by atoms with van der Waals surface area (Å²) >= 11 is 0. The van der Waals surface area contributed by atoms with Gasteiger partial charge in [0, 0.05) is 12.6 Å². The van der Waals surface area contributed by atoms with Crippen LogP contribution >= 0.6 is 0 Å². The number of ether oxygens (including phenoxy) is 1. The average molecular weight is 230 g/mol. The van der Waals surface area contributed by atoms with Crippen LogP contribution in [0.1, 0.15) is 47.0 Å². The number of unbranched alkanes of at least 4 members (excludes halogenated alkanes) is 1. The molecule has 96 valence electrons. The van der Waals surface area contributed by atoms with Gasteiger partial charge in [0.2, 0.25) is 5.91 Å².